The van der Waals surface area contributed by atoms with Crippen LogP contribution in [0.3, 0.4) is 0 Å². The summed E-state index contributed by atoms with van der Waals surface area (Å²) >= 11 is 0. The highest BCUT2D eigenvalue weighted by atomic mass is 16.5. The highest BCUT2D eigenvalue weighted by Crippen LogP contribution is 2.30. The molecular formula is C12H19NO2. The average Bonchev–Trinajstić information content (AvgIpc) is 2.17. The van der Waals surface area contributed by atoms with E-state index in [1.165, 1.54) is 0 Å². The van der Waals surface area contributed by atoms with Crippen LogP contribution in [0.15, 0.2) is 18.2 Å². The lowest BCUT2D eigenvalue weighted by Gasteiger charge is -2.16. The minimum Gasteiger partial charge on any atom is -0.508 e. The molecule has 0 amide bonds. The normalized spacial score (nSPS) is 12.9. The van der Waals surface area contributed by atoms with Crippen molar-refractivity contribution in [3.8, 4) is 11.5 Å². The van der Waals surface area contributed by atoms with Crippen LogP contribution < -0.4 is 10.5 Å². The molecule has 0 saturated carbocycles. The van der Waals surface area contributed by atoms with Gasteiger partial charge in [-0.25, -0.2) is 0 Å². The number of phenolic OH excluding ortho intramolecular Hbond substituents is 1. The highest BCUT2D eigenvalue weighted by Gasteiger charge is 2.13. The van der Waals surface area contributed by atoms with Crippen LogP contribution in [-0.4, -0.2) is 12.2 Å². The molecule has 15 heavy (non-hydrogen) atoms. The van der Waals surface area contributed by atoms with E-state index in [1.807, 2.05) is 0 Å². The van der Waals surface area contributed by atoms with Crippen molar-refractivity contribution in [1.82, 2.24) is 0 Å². The molecule has 0 aromatic heterocycles. The summed E-state index contributed by atoms with van der Waals surface area (Å²) in [6.07, 6.45) is 0.848. The lowest BCUT2D eigenvalue weighted by atomic mass is 9.97. The molecule has 1 rings (SSSR count). The van der Waals surface area contributed by atoms with E-state index in [0.717, 1.165) is 17.7 Å². The molecule has 0 aliphatic carbocycles. The summed E-state index contributed by atoms with van der Waals surface area (Å²) in [5.74, 6) is 1.47. The van der Waals surface area contributed by atoms with Crippen molar-refractivity contribution in [3.63, 3.8) is 0 Å². The molecule has 3 heteroatoms. The molecule has 0 spiro atoms. The first-order valence-electron chi connectivity index (χ1n) is 5.17. The fraction of sp³-hybridized carbons (Fsp3) is 0.500. The molecule has 0 heterocycles. The van der Waals surface area contributed by atoms with Gasteiger partial charge in [-0.2, -0.15) is 0 Å². The molecule has 3 N–H and O–H groups in total. The van der Waals surface area contributed by atoms with Crippen LogP contribution >= 0.6 is 0 Å². The number of phenols is 1. The largest absolute Gasteiger partial charge is 0.508 e. The third-order valence-corrected chi connectivity index (χ3v) is 2.36. The summed E-state index contributed by atoms with van der Waals surface area (Å²) in [5.41, 5.74) is 6.76. The van der Waals surface area contributed by atoms with Crippen LogP contribution in [0, 0.1) is 5.92 Å². The maximum atomic E-state index is 9.68. The van der Waals surface area contributed by atoms with Gasteiger partial charge in [0.2, 0.25) is 0 Å². The van der Waals surface area contributed by atoms with Crippen molar-refractivity contribution >= 4 is 0 Å². The minimum absolute atomic E-state index is 0.139. The molecule has 0 radical (unpaired) electrons. The second kappa shape index (κ2) is 5.03. The van der Waals surface area contributed by atoms with Crippen molar-refractivity contribution < 1.29 is 9.84 Å². The van der Waals surface area contributed by atoms with Crippen LogP contribution in [0.1, 0.15) is 31.9 Å². The first-order valence-corrected chi connectivity index (χ1v) is 5.17. The molecule has 0 saturated heterocycles. The Balaban J connectivity index is 2.91. The van der Waals surface area contributed by atoms with Gasteiger partial charge < -0.3 is 15.6 Å². The molecule has 0 unspecified atom stereocenters. The Morgan fingerprint density at radius 1 is 1.40 bits per heavy atom. The Hall–Kier alpha value is -1.22. The summed E-state index contributed by atoms with van der Waals surface area (Å²) in [7, 11) is 1.60. The average molecular weight is 209 g/mol. The van der Waals surface area contributed by atoms with Gasteiger partial charge in [-0.05, 0) is 30.5 Å². The van der Waals surface area contributed by atoms with Gasteiger partial charge in [0.05, 0.1) is 7.11 Å². The van der Waals surface area contributed by atoms with Crippen LogP contribution in [0.2, 0.25) is 0 Å². The van der Waals surface area contributed by atoms with E-state index in [1.54, 1.807) is 25.3 Å². The van der Waals surface area contributed by atoms with E-state index in [4.69, 9.17) is 10.5 Å². The Bertz CT molecular complexity index is 323. The number of nitrogens with two attached hydrogens (primary N) is 1. The maximum absolute atomic E-state index is 9.68. The zero-order valence-corrected chi connectivity index (χ0v) is 9.53. The number of hydrogen-bond donors (Lipinski definition) is 2. The van der Waals surface area contributed by atoms with E-state index in [2.05, 4.69) is 13.8 Å². The van der Waals surface area contributed by atoms with Crippen molar-refractivity contribution in [2.75, 3.05) is 7.11 Å². The van der Waals surface area contributed by atoms with Gasteiger partial charge in [0.1, 0.15) is 11.5 Å². The topological polar surface area (TPSA) is 55.5 Å². The zero-order chi connectivity index (χ0) is 11.4. The van der Waals surface area contributed by atoms with Crippen LogP contribution in [-0.2, 0) is 0 Å². The predicted molar refractivity (Wildman–Crippen MR) is 61.0 cm³/mol. The molecule has 1 aromatic rings. The second-order valence-electron chi connectivity index (χ2n) is 4.16. The van der Waals surface area contributed by atoms with Gasteiger partial charge in [-0.15, -0.1) is 0 Å². The third-order valence-electron chi connectivity index (χ3n) is 2.36. The highest BCUT2D eigenvalue weighted by molar-refractivity contribution is 5.41. The molecule has 84 valence electrons. The number of methoxy groups -OCH3 is 1. The van der Waals surface area contributed by atoms with Gasteiger partial charge in [-0.1, -0.05) is 13.8 Å². The number of aromatic hydroxyl groups is 1. The Morgan fingerprint density at radius 3 is 2.60 bits per heavy atom. The quantitative estimate of drug-likeness (QED) is 0.800. The van der Waals surface area contributed by atoms with E-state index < -0.39 is 0 Å². The Kier molecular flexibility index (Phi) is 3.97. The number of rotatable bonds is 4. The van der Waals surface area contributed by atoms with E-state index >= 15 is 0 Å². The monoisotopic (exact) mass is 209 g/mol. The molecule has 1 atom stereocenters. The van der Waals surface area contributed by atoms with Crippen LogP contribution in [0.25, 0.3) is 0 Å². The summed E-state index contributed by atoms with van der Waals surface area (Å²) in [4.78, 5) is 0. The Morgan fingerprint density at radius 2 is 2.07 bits per heavy atom. The van der Waals surface area contributed by atoms with Gasteiger partial charge in [0.15, 0.2) is 0 Å². The summed E-state index contributed by atoms with van der Waals surface area (Å²) < 4.78 is 5.10. The minimum atomic E-state index is -0.139. The van der Waals surface area contributed by atoms with E-state index in [-0.39, 0.29) is 11.8 Å². The number of hydrogen-bond acceptors (Lipinski definition) is 3. The first kappa shape index (κ1) is 11.9. The fourth-order valence-corrected chi connectivity index (χ4v) is 1.59. The second-order valence-corrected chi connectivity index (χ2v) is 4.16. The Labute approximate surface area is 90.9 Å². The molecular weight excluding hydrogens is 190 g/mol. The van der Waals surface area contributed by atoms with Crippen molar-refractivity contribution in [3.05, 3.63) is 23.8 Å². The summed E-state index contributed by atoms with van der Waals surface area (Å²) in [6, 6.07) is 5.00. The third kappa shape index (κ3) is 3.13. The number of benzene rings is 1. The molecule has 1 aromatic carbocycles. The smallest absolute Gasteiger partial charge is 0.120 e. The lowest BCUT2D eigenvalue weighted by Crippen LogP contribution is -2.13. The van der Waals surface area contributed by atoms with E-state index in [9.17, 15) is 5.11 Å². The van der Waals surface area contributed by atoms with Crippen LogP contribution in [0.4, 0.5) is 0 Å². The number of ether oxygens (including phenoxy) is 1. The van der Waals surface area contributed by atoms with Gasteiger partial charge in [0, 0.05) is 11.6 Å². The molecule has 0 bridgehead atoms. The fourth-order valence-electron chi connectivity index (χ4n) is 1.59. The van der Waals surface area contributed by atoms with Gasteiger partial charge >= 0.3 is 0 Å². The van der Waals surface area contributed by atoms with Crippen LogP contribution in [0.5, 0.6) is 11.5 Å². The summed E-state index contributed by atoms with van der Waals surface area (Å²) in [6.45, 7) is 4.22. The van der Waals surface area contributed by atoms with Crippen molar-refractivity contribution in [2.24, 2.45) is 11.7 Å². The maximum Gasteiger partial charge on any atom is 0.120 e. The molecule has 0 fully saturated rings. The van der Waals surface area contributed by atoms with Gasteiger partial charge in [0.25, 0.3) is 0 Å². The van der Waals surface area contributed by atoms with Crippen molar-refractivity contribution in [2.45, 2.75) is 26.3 Å². The lowest BCUT2D eigenvalue weighted by molar-refractivity contribution is 0.406. The first-order chi connectivity index (χ1) is 7.04. The molecule has 0 aliphatic heterocycles. The summed E-state index contributed by atoms with van der Waals surface area (Å²) in [5, 5.41) is 9.68. The predicted octanol–water partition coefficient (Wildman–Crippen LogP) is 2.45. The standard InChI is InChI=1S/C12H19NO2/c1-8(2)6-11(13)10-7-9(15-3)4-5-12(10)14/h4-5,7-8,11,14H,6,13H2,1-3H3/t11-/m0/s1. The van der Waals surface area contributed by atoms with Gasteiger partial charge in [-0.3, -0.25) is 0 Å². The molecule has 3 nitrogen and oxygen atoms in total. The van der Waals surface area contributed by atoms with E-state index in [0.29, 0.717) is 5.92 Å². The SMILES string of the molecule is COc1ccc(O)c([C@@H](N)CC(C)C)c1. The molecule has 0 aliphatic rings. The van der Waals surface area contributed by atoms with Crippen molar-refractivity contribution in [1.29, 1.82) is 0 Å². The zero-order valence-electron chi connectivity index (χ0n) is 9.53.